The van der Waals surface area contributed by atoms with E-state index in [0.29, 0.717) is 17.7 Å². The van der Waals surface area contributed by atoms with Crippen LogP contribution in [0.2, 0.25) is 0 Å². The largest absolute Gasteiger partial charge is 0.466 e. The summed E-state index contributed by atoms with van der Waals surface area (Å²) in [4.78, 5) is 52.2. The molecule has 36 heavy (non-hydrogen) atoms. The van der Waals surface area contributed by atoms with E-state index in [-0.39, 0.29) is 19.6 Å². The number of nitrogens with one attached hydrogen (secondary N) is 2. The summed E-state index contributed by atoms with van der Waals surface area (Å²) in [5.74, 6) is -0.633. The molecular weight excluding hydrogens is 482 g/mol. The molecule has 0 heterocycles. The normalized spacial score (nSPS) is 12.8. The first-order valence-electron chi connectivity index (χ1n) is 12.2. The molecule has 0 radical (unpaired) electrons. The minimum atomic E-state index is -0.956. The summed E-state index contributed by atoms with van der Waals surface area (Å²) in [6, 6.07) is 5.63. The second-order valence-electron chi connectivity index (χ2n) is 9.27. The molecular formula is C26H41N3O6S. The lowest BCUT2D eigenvalue weighted by Crippen LogP contribution is -2.52. The van der Waals surface area contributed by atoms with Crippen LogP contribution in [-0.4, -0.2) is 72.6 Å². The monoisotopic (exact) mass is 523 g/mol. The molecule has 9 nitrogen and oxygen atoms in total. The zero-order chi connectivity index (χ0) is 27.3. The van der Waals surface area contributed by atoms with E-state index in [1.807, 2.05) is 37.4 Å². The quantitative estimate of drug-likeness (QED) is 0.381. The summed E-state index contributed by atoms with van der Waals surface area (Å²) in [5, 5.41) is 5.41. The van der Waals surface area contributed by atoms with Gasteiger partial charge in [0.1, 0.15) is 17.7 Å². The molecule has 0 fully saturated rings. The van der Waals surface area contributed by atoms with Crippen LogP contribution in [0, 0.1) is 0 Å². The Balaban J connectivity index is 3.16. The van der Waals surface area contributed by atoms with Crippen molar-refractivity contribution in [1.29, 1.82) is 0 Å². The third kappa shape index (κ3) is 10.9. The summed E-state index contributed by atoms with van der Waals surface area (Å²) in [6.45, 7) is 9.32. The molecule has 1 aromatic rings. The molecule has 0 aliphatic heterocycles. The van der Waals surface area contributed by atoms with E-state index in [0.717, 1.165) is 12.0 Å². The van der Waals surface area contributed by atoms with Gasteiger partial charge in [0, 0.05) is 13.6 Å². The van der Waals surface area contributed by atoms with Crippen molar-refractivity contribution in [2.75, 3.05) is 32.2 Å². The Kier molecular flexibility index (Phi) is 13.4. The van der Waals surface area contributed by atoms with Gasteiger partial charge in [-0.05, 0) is 63.7 Å². The van der Waals surface area contributed by atoms with Gasteiger partial charge in [-0.2, -0.15) is 11.8 Å². The van der Waals surface area contributed by atoms with Crippen LogP contribution in [0.5, 0.6) is 0 Å². The summed E-state index contributed by atoms with van der Waals surface area (Å²) >= 11 is 1.55. The molecule has 1 rings (SSSR count). The lowest BCUT2D eigenvalue weighted by atomic mass is 10.0. The van der Waals surface area contributed by atoms with Gasteiger partial charge < -0.3 is 25.0 Å². The number of hydrogen-bond acceptors (Lipinski definition) is 7. The Morgan fingerprint density at radius 3 is 2.25 bits per heavy atom. The Hall–Kier alpha value is -2.75. The molecule has 0 aromatic heterocycles. The van der Waals surface area contributed by atoms with Crippen molar-refractivity contribution in [2.45, 2.75) is 71.6 Å². The van der Waals surface area contributed by atoms with Crippen LogP contribution in [0.25, 0.3) is 0 Å². The fourth-order valence-electron chi connectivity index (χ4n) is 3.42. The van der Waals surface area contributed by atoms with E-state index < -0.39 is 41.6 Å². The number of benzene rings is 1. The maximum Gasteiger partial charge on any atom is 0.408 e. The summed E-state index contributed by atoms with van der Waals surface area (Å²) in [7, 11) is 1.54. The minimum Gasteiger partial charge on any atom is -0.466 e. The Morgan fingerprint density at radius 1 is 1.08 bits per heavy atom. The number of nitrogens with zero attached hydrogens (tertiary/aromatic N) is 1. The number of alkyl carbamates (subject to hydrolysis) is 1. The fourth-order valence-corrected chi connectivity index (χ4v) is 3.89. The molecule has 10 heteroatoms. The summed E-state index contributed by atoms with van der Waals surface area (Å²) in [6.07, 6.45) is 2.44. The number of ether oxygens (including phenoxy) is 2. The average molecular weight is 524 g/mol. The third-order valence-electron chi connectivity index (χ3n) is 5.22. The molecule has 0 bridgehead atoms. The van der Waals surface area contributed by atoms with Gasteiger partial charge in [0.15, 0.2) is 0 Å². The van der Waals surface area contributed by atoms with E-state index in [9.17, 15) is 19.2 Å². The highest BCUT2D eigenvalue weighted by atomic mass is 32.2. The van der Waals surface area contributed by atoms with E-state index >= 15 is 0 Å². The first-order valence-corrected chi connectivity index (χ1v) is 13.6. The van der Waals surface area contributed by atoms with Crippen LogP contribution in [0.3, 0.4) is 0 Å². The Labute approximate surface area is 219 Å². The molecule has 3 amide bonds. The highest BCUT2D eigenvalue weighted by Gasteiger charge is 2.34. The van der Waals surface area contributed by atoms with Crippen LogP contribution in [-0.2, 0) is 30.3 Å². The average Bonchev–Trinajstić information content (AvgIpc) is 2.80. The summed E-state index contributed by atoms with van der Waals surface area (Å²) < 4.78 is 10.3. The Morgan fingerprint density at radius 2 is 1.72 bits per heavy atom. The van der Waals surface area contributed by atoms with Crippen LogP contribution in [0.15, 0.2) is 24.3 Å². The van der Waals surface area contributed by atoms with Crippen LogP contribution in [0.1, 0.15) is 64.6 Å². The van der Waals surface area contributed by atoms with Gasteiger partial charge in [-0.3, -0.25) is 14.4 Å². The zero-order valence-corrected chi connectivity index (χ0v) is 23.3. The molecule has 1 aromatic carbocycles. The summed E-state index contributed by atoms with van der Waals surface area (Å²) in [5.41, 5.74) is 1.00. The molecule has 2 N–H and O–H groups in total. The molecule has 0 saturated carbocycles. The lowest BCUT2D eigenvalue weighted by molar-refractivity contribution is -0.143. The van der Waals surface area contributed by atoms with E-state index in [1.165, 1.54) is 11.9 Å². The van der Waals surface area contributed by atoms with Gasteiger partial charge in [-0.15, -0.1) is 0 Å². The predicted molar refractivity (Wildman–Crippen MR) is 142 cm³/mol. The standard InChI is InChI=1S/C26H41N3O6S/c1-8-18-10-12-19(13-11-18)22(23(31)27-16-14-21(30)34-9-2)29(6)24(32)20(15-17-36-7)28-25(33)35-26(3,4)5/h10-13,20,22H,8-9,14-17H2,1-7H3,(H,27,31)(H,28,33). The van der Waals surface area contributed by atoms with Crippen molar-refractivity contribution in [3.63, 3.8) is 0 Å². The third-order valence-corrected chi connectivity index (χ3v) is 5.86. The number of carbonyl (C=O) groups is 4. The fraction of sp³-hybridized carbons (Fsp3) is 0.615. The van der Waals surface area contributed by atoms with E-state index in [4.69, 9.17) is 9.47 Å². The number of hydrogen-bond donors (Lipinski definition) is 2. The van der Waals surface area contributed by atoms with Gasteiger partial charge in [-0.25, -0.2) is 4.79 Å². The maximum absolute atomic E-state index is 13.6. The van der Waals surface area contributed by atoms with Crippen LogP contribution in [0.4, 0.5) is 4.79 Å². The van der Waals surface area contributed by atoms with Crippen LogP contribution >= 0.6 is 11.8 Å². The second-order valence-corrected chi connectivity index (χ2v) is 10.3. The zero-order valence-electron chi connectivity index (χ0n) is 22.5. The Bertz CT molecular complexity index is 869. The van der Waals surface area contributed by atoms with Gasteiger partial charge in [0.25, 0.3) is 0 Å². The molecule has 202 valence electrons. The van der Waals surface area contributed by atoms with Crippen molar-refractivity contribution in [2.24, 2.45) is 0 Å². The van der Waals surface area contributed by atoms with Crippen LogP contribution < -0.4 is 10.6 Å². The molecule has 2 unspecified atom stereocenters. The number of carbonyl (C=O) groups excluding carboxylic acids is 4. The van der Waals surface area contributed by atoms with Gasteiger partial charge in [0.2, 0.25) is 11.8 Å². The van der Waals surface area contributed by atoms with E-state index in [1.54, 1.807) is 39.5 Å². The highest BCUT2D eigenvalue weighted by Crippen LogP contribution is 2.23. The van der Waals surface area contributed by atoms with Gasteiger partial charge in [0.05, 0.1) is 13.0 Å². The molecule has 0 aliphatic rings. The minimum absolute atomic E-state index is 0.0231. The van der Waals surface area contributed by atoms with Crippen molar-refractivity contribution >= 4 is 35.6 Å². The number of thioether (sulfide) groups is 1. The van der Waals surface area contributed by atoms with Crippen molar-refractivity contribution in [1.82, 2.24) is 15.5 Å². The van der Waals surface area contributed by atoms with Crippen molar-refractivity contribution in [3.8, 4) is 0 Å². The van der Waals surface area contributed by atoms with Crippen molar-refractivity contribution < 1.29 is 28.7 Å². The molecule has 0 aliphatic carbocycles. The first kappa shape index (κ1) is 31.3. The van der Waals surface area contributed by atoms with Crippen molar-refractivity contribution in [3.05, 3.63) is 35.4 Å². The highest BCUT2D eigenvalue weighted by molar-refractivity contribution is 7.98. The second kappa shape index (κ2) is 15.4. The van der Waals surface area contributed by atoms with E-state index in [2.05, 4.69) is 10.6 Å². The lowest BCUT2D eigenvalue weighted by Gasteiger charge is -2.31. The first-order chi connectivity index (χ1) is 16.9. The van der Waals surface area contributed by atoms with Gasteiger partial charge in [-0.1, -0.05) is 31.2 Å². The SMILES string of the molecule is CCOC(=O)CCNC(=O)C(c1ccc(CC)cc1)N(C)C(=O)C(CCSC)NC(=O)OC(C)(C)C. The number of likely N-dealkylation sites (N-methyl/N-ethyl adjacent to an activating group) is 1. The number of esters is 1. The van der Waals surface area contributed by atoms with Gasteiger partial charge >= 0.3 is 12.1 Å². The topological polar surface area (TPSA) is 114 Å². The maximum atomic E-state index is 13.6. The molecule has 0 saturated heterocycles. The molecule has 0 spiro atoms. The smallest absolute Gasteiger partial charge is 0.408 e. The number of aryl methyl sites for hydroxylation is 1. The number of amides is 3. The number of rotatable bonds is 13. The predicted octanol–water partition coefficient (Wildman–Crippen LogP) is 3.46. The molecule has 2 atom stereocenters.